The molecule has 1 amide bonds. The van der Waals surface area contributed by atoms with E-state index in [2.05, 4.69) is 35.6 Å². The van der Waals surface area contributed by atoms with Gasteiger partial charge in [0.25, 0.3) is 5.91 Å². The third-order valence-electron chi connectivity index (χ3n) is 10.9. The number of aryl methyl sites for hydroxylation is 1. The minimum Gasteiger partial charge on any atom is -0.462 e. The molecule has 3 heterocycles. The molecule has 1 aromatic heterocycles. The summed E-state index contributed by atoms with van der Waals surface area (Å²) in [5.41, 5.74) is 3.55. The first kappa shape index (κ1) is 33.1. The van der Waals surface area contributed by atoms with E-state index in [1.807, 2.05) is 13.8 Å². The molecule has 5 aliphatic rings. The van der Waals surface area contributed by atoms with Crippen molar-refractivity contribution in [1.29, 1.82) is 0 Å². The summed E-state index contributed by atoms with van der Waals surface area (Å²) in [6.45, 7) is 7.84. The second-order valence-electron chi connectivity index (χ2n) is 14.0. The fourth-order valence-corrected chi connectivity index (χ4v) is 8.18. The average molecular weight is 639 g/mol. The molecule has 11 atom stereocenters. The molecule has 3 fully saturated rings. The molecule has 252 valence electrons. The number of rotatable bonds is 6. The van der Waals surface area contributed by atoms with Gasteiger partial charge in [-0.05, 0) is 76.4 Å². The molecule has 0 spiro atoms. The molecule has 10 heteroatoms. The van der Waals surface area contributed by atoms with E-state index in [1.165, 1.54) is 11.1 Å². The number of ether oxygens (including phenoxy) is 4. The number of carbonyl (C=O) groups excluding carboxylic acids is 2. The highest BCUT2D eigenvalue weighted by molar-refractivity contribution is 5.92. The van der Waals surface area contributed by atoms with Crippen molar-refractivity contribution in [2.24, 2.45) is 23.7 Å². The Morgan fingerprint density at radius 2 is 1.98 bits per heavy atom. The van der Waals surface area contributed by atoms with Crippen LogP contribution < -0.4 is 5.32 Å². The van der Waals surface area contributed by atoms with Gasteiger partial charge in [0, 0.05) is 42.9 Å². The second kappa shape index (κ2) is 14.1. The number of carbonyl (C=O) groups is 2. The lowest BCUT2D eigenvalue weighted by Crippen LogP contribution is -2.45. The number of aliphatic hydroxyl groups is 1. The molecule has 2 aliphatic heterocycles. The van der Waals surface area contributed by atoms with Gasteiger partial charge in [-0.2, -0.15) is 0 Å². The number of cyclic esters (lactones) is 1. The highest BCUT2D eigenvalue weighted by Gasteiger charge is 2.45. The molecule has 1 saturated carbocycles. The van der Waals surface area contributed by atoms with Crippen LogP contribution in [0.2, 0.25) is 0 Å². The topological polar surface area (TPSA) is 129 Å². The van der Waals surface area contributed by atoms with E-state index in [0.717, 1.165) is 44.1 Å². The maximum atomic E-state index is 13.3. The van der Waals surface area contributed by atoms with Gasteiger partial charge >= 0.3 is 5.97 Å². The number of nitrogens with one attached hydrogen (secondary N) is 1. The van der Waals surface area contributed by atoms with Crippen LogP contribution in [0.4, 0.5) is 0 Å². The summed E-state index contributed by atoms with van der Waals surface area (Å²) in [6, 6.07) is 1.30. The summed E-state index contributed by atoms with van der Waals surface area (Å²) in [5, 5.41) is 19.0. The van der Waals surface area contributed by atoms with Crippen molar-refractivity contribution >= 4 is 11.9 Å². The predicted octanol–water partition coefficient (Wildman–Crippen LogP) is 5.35. The Morgan fingerprint density at radius 1 is 1.15 bits per heavy atom. The van der Waals surface area contributed by atoms with Crippen molar-refractivity contribution in [3.05, 3.63) is 52.5 Å². The number of aliphatic hydroxyl groups excluding tert-OH is 1. The number of methoxy groups -OCH3 is 1. The monoisotopic (exact) mass is 638 g/mol. The number of fused-ring (bicyclic) bond motifs is 4. The SMILES string of the molecule is CC[C@H]1CCC[C@H](NC(=O)c2cc(C)on2)[C@@H](C)C(O)C2=CC3=C4C[C@H](OC5OC(C)CCC5OC)CC4C=CC3[C@@H]2CC(=O)O1. The minimum atomic E-state index is -0.859. The lowest BCUT2D eigenvalue weighted by Gasteiger charge is -2.35. The summed E-state index contributed by atoms with van der Waals surface area (Å²) in [5.74, 6) is -0.304. The van der Waals surface area contributed by atoms with Gasteiger partial charge in [0.05, 0.1) is 24.7 Å². The first-order valence-electron chi connectivity index (χ1n) is 17.2. The van der Waals surface area contributed by atoms with Crippen LogP contribution in [-0.2, 0) is 23.7 Å². The fraction of sp³-hybridized carbons (Fsp3) is 0.694. The van der Waals surface area contributed by atoms with Crippen molar-refractivity contribution < 1.29 is 38.2 Å². The number of aromatic nitrogens is 1. The van der Waals surface area contributed by atoms with Crippen molar-refractivity contribution in [2.75, 3.05) is 7.11 Å². The summed E-state index contributed by atoms with van der Waals surface area (Å²) in [4.78, 5) is 26.5. The largest absolute Gasteiger partial charge is 0.462 e. The summed E-state index contributed by atoms with van der Waals surface area (Å²) < 4.78 is 29.5. The maximum Gasteiger partial charge on any atom is 0.306 e. The molecule has 2 saturated heterocycles. The van der Waals surface area contributed by atoms with Crippen LogP contribution in [0.15, 0.2) is 45.5 Å². The molecule has 10 nitrogen and oxygen atoms in total. The van der Waals surface area contributed by atoms with Crippen LogP contribution in [0.1, 0.15) is 94.8 Å². The van der Waals surface area contributed by atoms with Crippen LogP contribution in [0.5, 0.6) is 0 Å². The quantitative estimate of drug-likeness (QED) is 0.313. The number of amides is 1. The van der Waals surface area contributed by atoms with Gasteiger partial charge in [0.15, 0.2) is 12.0 Å². The summed E-state index contributed by atoms with van der Waals surface area (Å²) in [6.07, 6.45) is 11.7. The smallest absolute Gasteiger partial charge is 0.306 e. The number of hydrogen-bond donors (Lipinski definition) is 2. The van der Waals surface area contributed by atoms with E-state index in [4.69, 9.17) is 23.5 Å². The molecule has 0 aromatic carbocycles. The average Bonchev–Trinajstić information content (AvgIpc) is 3.75. The molecule has 2 N–H and O–H groups in total. The Bertz CT molecular complexity index is 1370. The number of esters is 1. The van der Waals surface area contributed by atoms with E-state index >= 15 is 0 Å². The molecule has 6 unspecified atom stereocenters. The lowest BCUT2D eigenvalue weighted by atomic mass is 9.76. The van der Waals surface area contributed by atoms with E-state index in [0.29, 0.717) is 18.6 Å². The van der Waals surface area contributed by atoms with Gasteiger partial charge in [-0.25, -0.2) is 0 Å². The first-order valence-corrected chi connectivity index (χ1v) is 17.2. The van der Waals surface area contributed by atoms with Gasteiger partial charge in [-0.15, -0.1) is 0 Å². The highest BCUT2D eigenvalue weighted by Crippen LogP contribution is 2.51. The molecule has 1 aromatic rings. The van der Waals surface area contributed by atoms with E-state index in [9.17, 15) is 14.7 Å². The standard InChI is InChI=1S/C36H50N2O8/c1-6-23-8-7-9-30(37-35(41)31-14-20(3)46-38-31)21(4)34(40)29-17-27-25(28(29)18-33(39)44-23)12-11-22-15-24(16-26(22)27)45-36-32(42-5)13-10-19(2)43-36/h11-12,14,17,19,21-25,28,30,32,34,36,40H,6-10,13,15-16,18H2,1-5H3,(H,37,41)/t19?,21-,22?,23+,24-,25?,28+,30+,32?,34?,36?/m1/s1. The molecular weight excluding hydrogens is 588 g/mol. The predicted molar refractivity (Wildman–Crippen MR) is 169 cm³/mol. The number of hydrogen-bond acceptors (Lipinski definition) is 9. The van der Waals surface area contributed by atoms with Crippen LogP contribution in [0, 0.1) is 30.6 Å². The normalized spacial score (nSPS) is 38.2. The molecule has 0 radical (unpaired) electrons. The van der Waals surface area contributed by atoms with Gasteiger partial charge in [-0.1, -0.05) is 42.8 Å². The van der Waals surface area contributed by atoms with E-state index in [1.54, 1.807) is 20.1 Å². The molecule has 6 rings (SSSR count). The van der Waals surface area contributed by atoms with Crippen molar-refractivity contribution in [3.63, 3.8) is 0 Å². The van der Waals surface area contributed by atoms with E-state index < -0.39 is 12.4 Å². The minimum absolute atomic E-state index is 0.00672. The molecule has 3 aliphatic carbocycles. The van der Waals surface area contributed by atoms with Crippen LogP contribution in [0.25, 0.3) is 0 Å². The van der Waals surface area contributed by atoms with Crippen molar-refractivity contribution in [3.8, 4) is 0 Å². The summed E-state index contributed by atoms with van der Waals surface area (Å²) in [7, 11) is 1.71. The Kier molecular flexibility index (Phi) is 10.2. The highest BCUT2D eigenvalue weighted by atomic mass is 16.7. The van der Waals surface area contributed by atoms with Gasteiger partial charge in [0.2, 0.25) is 0 Å². The Morgan fingerprint density at radius 3 is 2.72 bits per heavy atom. The fourth-order valence-electron chi connectivity index (χ4n) is 8.18. The molecule has 0 bridgehead atoms. The first-order chi connectivity index (χ1) is 22.1. The van der Waals surface area contributed by atoms with Gasteiger partial charge < -0.3 is 33.9 Å². The Labute approximate surface area is 271 Å². The Hall–Kier alpha value is -2.79. The van der Waals surface area contributed by atoms with Gasteiger partial charge in [0.1, 0.15) is 18.0 Å². The zero-order valence-corrected chi connectivity index (χ0v) is 27.8. The zero-order valence-electron chi connectivity index (χ0n) is 27.8. The Balaban J connectivity index is 1.27. The number of allylic oxidation sites excluding steroid dienone is 4. The van der Waals surface area contributed by atoms with Crippen LogP contribution in [-0.4, -0.2) is 72.1 Å². The third kappa shape index (κ3) is 6.91. The van der Waals surface area contributed by atoms with Crippen molar-refractivity contribution in [1.82, 2.24) is 10.5 Å². The second-order valence-corrected chi connectivity index (χ2v) is 14.0. The maximum absolute atomic E-state index is 13.3. The molecular formula is C36H50N2O8. The van der Waals surface area contributed by atoms with Crippen LogP contribution >= 0.6 is 0 Å². The van der Waals surface area contributed by atoms with E-state index in [-0.39, 0.29) is 78.1 Å². The van der Waals surface area contributed by atoms with Gasteiger partial charge in [-0.3, -0.25) is 9.59 Å². The van der Waals surface area contributed by atoms with Crippen LogP contribution in [0.3, 0.4) is 0 Å². The zero-order chi connectivity index (χ0) is 32.5. The third-order valence-corrected chi connectivity index (χ3v) is 10.9. The number of nitrogens with zero attached hydrogens (tertiary/aromatic N) is 1. The summed E-state index contributed by atoms with van der Waals surface area (Å²) >= 11 is 0. The van der Waals surface area contributed by atoms with Crippen molar-refractivity contribution in [2.45, 2.75) is 128 Å². The lowest BCUT2D eigenvalue weighted by molar-refractivity contribution is -0.257. The molecule has 46 heavy (non-hydrogen) atoms.